The van der Waals surface area contributed by atoms with E-state index in [0.29, 0.717) is 15.7 Å². The number of amides is 1. The molecule has 0 spiro atoms. The van der Waals surface area contributed by atoms with Crippen LogP contribution >= 0.6 is 11.3 Å². The lowest BCUT2D eigenvalue weighted by atomic mass is 10.2. The van der Waals surface area contributed by atoms with E-state index >= 15 is 0 Å². The van der Waals surface area contributed by atoms with Gasteiger partial charge in [0.1, 0.15) is 11.4 Å². The van der Waals surface area contributed by atoms with Gasteiger partial charge < -0.3 is 8.98 Å². The van der Waals surface area contributed by atoms with Crippen LogP contribution in [0.3, 0.4) is 0 Å². The first-order chi connectivity index (χ1) is 13.1. The molecule has 27 heavy (non-hydrogen) atoms. The van der Waals surface area contributed by atoms with Crippen molar-refractivity contribution in [1.29, 1.82) is 0 Å². The van der Waals surface area contributed by atoms with Crippen LogP contribution < -0.4 is 10.2 Å². The number of hydrogen-bond donors (Lipinski definition) is 0. The quantitative estimate of drug-likeness (QED) is 0.503. The molecule has 132 valence electrons. The van der Waals surface area contributed by atoms with Crippen LogP contribution in [0.4, 0.5) is 4.39 Å². The average molecular weight is 378 g/mol. The minimum Gasteiger partial charge on any atom is -0.451 e. The minimum absolute atomic E-state index is 0.0503. The predicted octanol–water partition coefficient (Wildman–Crippen LogP) is 3.32. The van der Waals surface area contributed by atoms with Crippen molar-refractivity contribution in [3.8, 4) is 12.3 Å². The molecule has 2 aromatic carbocycles. The SMILES string of the molecule is C#CCn1c(=NC(=O)c2cc(=O)c3ccccc3o2)sc2cccc(F)c21. The van der Waals surface area contributed by atoms with Gasteiger partial charge in [-0.2, -0.15) is 4.99 Å². The number of terminal acetylenes is 1. The number of aromatic nitrogens is 1. The third-order valence-corrected chi connectivity index (χ3v) is 4.99. The third-order valence-electron chi connectivity index (χ3n) is 3.94. The first-order valence-corrected chi connectivity index (χ1v) is 8.73. The molecule has 0 unspecified atom stereocenters. The van der Waals surface area contributed by atoms with Crippen LogP contribution in [0.25, 0.3) is 21.2 Å². The van der Waals surface area contributed by atoms with Crippen LogP contribution in [0.15, 0.2) is 62.7 Å². The summed E-state index contributed by atoms with van der Waals surface area (Å²) in [6, 6.07) is 12.3. The first kappa shape index (κ1) is 16.9. The van der Waals surface area contributed by atoms with E-state index in [0.717, 1.165) is 17.4 Å². The molecule has 0 aliphatic carbocycles. The van der Waals surface area contributed by atoms with Crippen molar-refractivity contribution >= 4 is 38.4 Å². The van der Waals surface area contributed by atoms with Gasteiger partial charge in [0, 0.05) is 6.07 Å². The molecule has 0 saturated heterocycles. The van der Waals surface area contributed by atoms with Crippen LogP contribution in [0.2, 0.25) is 0 Å². The molecule has 0 saturated carbocycles. The highest BCUT2D eigenvalue weighted by Gasteiger charge is 2.14. The first-order valence-electron chi connectivity index (χ1n) is 7.92. The Morgan fingerprint density at radius 2 is 2.07 bits per heavy atom. The lowest BCUT2D eigenvalue weighted by Gasteiger charge is -2.01. The number of fused-ring (bicyclic) bond motifs is 2. The minimum atomic E-state index is -0.740. The van der Waals surface area contributed by atoms with Crippen LogP contribution in [0, 0.1) is 18.2 Å². The number of halogens is 1. The van der Waals surface area contributed by atoms with Crippen molar-refractivity contribution in [2.75, 3.05) is 0 Å². The summed E-state index contributed by atoms with van der Waals surface area (Å²) >= 11 is 1.13. The highest BCUT2D eigenvalue weighted by Crippen LogP contribution is 2.20. The highest BCUT2D eigenvalue weighted by atomic mass is 32.1. The maximum Gasteiger partial charge on any atom is 0.315 e. The Morgan fingerprint density at radius 3 is 2.89 bits per heavy atom. The zero-order valence-electron chi connectivity index (χ0n) is 13.8. The Bertz CT molecular complexity index is 1370. The molecule has 4 rings (SSSR count). The lowest BCUT2D eigenvalue weighted by Crippen LogP contribution is -2.17. The van der Waals surface area contributed by atoms with Gasteiger partial charge in [-0.15, -0.1) is 6.42 Å². The molecular weight excluding hydrogens is 367 g/mol. The highest BCUT2D eigenvalue weighted by molar-refractivity contribution is 7.16. The second-order valence-corrected chi connectivity index (χ2v) is 6.66. The molecule has 2 aromatic heterocycles. The van der Waals surface area contributed by atoms with Gasteiger partial charge in [0.15, 0.2) is 16.0 Å². The molecule has 0 aliphatic rings. The number of rotatable bonds is 2. The van der Waals surface area contributed by atoms with Gasteiger partial charge in [-0.1, -0.05) is 35.5 Å². The Labute approximate surface area is 156 Å². The fraction of sp³-hybridized carbons (Fsp3) is 0.0500. The monoisotopic (exact) mass is 378 g/mol. The molecule has 5 nitrogen and oxygen atoms in total. The van der Waals surface area contributed by atoms with Crippen LogP contribution in [0.5, 0.6) is 0 Å². The molecule has 4 aromatic rings. The fourth-order valence-corrected chi connectivity index (χ4v) is 3.80. The second-order valence-electron chi connectivity index (χ2n) is 5.65. The van der Waals surface area contributed by atoms with Crippen LogP contribution in [-0.2, 0) is 6.54 Å². The van der Waals surface area contributed by atoms with Crippen molar-refractivity contribution < 1.29 is 13.6 Å². The maximum atomic E-state index is 14.2. The summed E-state index contributed by atoms with van der Waals surface area (Å²) in [5.41, 5.74) is 0.240. The van der Waals surface area contributed by atoms with Crippen molar-refractivity contribution in [2.24, 2.45) is 4.99 Å². The summed E-state index contributed by atoms with van der Waals surface area (Å²) in [6.45, 7) is 0.0503. The van der Waals surface area contributed by atoms with E-state index in [1.165, 1.54) is 10.6 Å². The summed E-state index contributed by atoms with van der Waals surface area (Å²) in [5, 5.41) is 0.375. The van der Waals surface area contributed by atoms with Crippen LogP contribution in [-0.4, -0.2) is 10.5 Å². The van der Waals surface area contributed by atoms with Crippen molar-refractivity contribution in [3.63, 3.8) is 0 Å². The Kier molecular flexibility index (Phi) is 4.18. The second kappa shape index (κ2) is 6.67. The predicted molar refractivity (Wildman–Crippen MR) is 101 cm³/mol. The zero-order valence-corrected chi connectivity index (χ0v) is 14.6. The fourth-order valence-electron chi connectivity index (χ4n) is 2.76. The van der Waals surface area contributed by atoms with Crippen molar-refractivity contribution in [2.45, 2.75) is 6.54 Å². The van der Waals surface area contributed by atoms with Crippen molar-refractivity contribution in [1.82, 2.24) is 4.57 Å². The van der Waals surface area contributed by atoms with E-state index in [9.17, 15) is 14.0 Å². The van der Waals surface area contributed by atoms with Gasteiger partial charge in [-0.25, -0.2) is 4.39 Å². The van der Waals surface area contributed by atoms with E-state index in [1.54, 1.807) is 36.4 Å². The molecule has 1 amide bonds. The van der Waals surface area contributed by atoms with Gasteiger partial charge in [0.2, 0.25) is 0 Å². The summed E-state index contributed by atoms with van der Waals surface area (Å²) in [4.78, 5) is 29.0. The molecule has 0 atom stereocenters. The van der Waals surface area contributed by atoms with E-state index < -0.39 is 11.7 Å². The van der Waals surface area contributed by atoms with Crippen molar-refractivity contribution in [3.05, 3.63) is 75.1 Å². The number of hydrogen-bond acceptors (Lipinski definition) is 4. The summed E-state index contributed by atoms with van der Waals surface area (Å²) < 4.78 is 21.8. The number of thiazole rings is 1. The topological polar surface area (TPSA) is 64.6 Å². The summed E-state index contributed by atoms with van der Waals surface area (Å²) in [7, 11) is 0. The van der Waals surface area contributed by atoms with E-state index in [-0.39, 0.29) is 28.1 Å². The molecule has 0 radical (unpaired) electrons. The zero-order chi connectivity index (χ0) is 19.0. The molecule has 0 N–H and O–H groups in total. The standard InChI is InChI=1S/C20H11FN2O3S/c1-2-10-23-18-13(21)7-5-9-17(18)27-20(23)22-19(25)16-11-14(24)12-6-3-4-8-15(12)26-16/h1,3-9,11H,10H2. The van der Waals surface area contributed by atoms with E-state index in [2.05, 4.69) is 10.9 Å². The average Bonchev–Trinajstić information content (AvgIpc) is 3.00. The van der Waals surface area contributed by atoms with E-state index in [4.69, 9.17) is 10.8 Å². The number of benzene rings is 2. The molecule has 0 fully saturated rings. The lowest BCUT2D eigenvalue weighted by molar-refractivity contribution is 0.0972. The third kappa shape index (κ3) is 2.96. The van der Waals surface area contributed by atoms with Crippen LogP contribution in [0.1, 0.15) is 10.6 Å². The Hall–Kier alpha value is -3.50. The number of carbonyl (C=O) groups is 1. The molecular formula is C20H11FN2O3S. The molecule has 0 bridgehead atoms. The number of para-hydroxylation sites is 2. The number of nitrogens with zero attached hydrogens (tertiary/aromatic N) is 2. The molecule has 0 aliphatic heterocycles. The van der Waals surface area contributed by atoms with Gasteiger partial charge in [-0.3, -0.25) is 9.59 Å². The Morgan fingerprint density at radius 1 is 1.26 bits per heavy atom. The van der Waals surface area contributed by atoms with Gasteiger partial charge in [0.05, 0.1) is 22.1 Å². The summed E-state index contributed by atoms with van der Waals surface area (Å²) in [5.74, 6) is 1.05. The molecule has 2 heterocycles. The van der Waals surface area contributed by atoms with E-state index in [1.807, 2.05) is 0 Å². The normalized spacial score (nSPS) is 11.8. The summed E-state index contributed by atoms with van der Waals surface area (Å²) in [6.07, 6.45) is 5.38. The maximum absolute atomic E-state index is 14.2. The van der Waals surface area contributed by atoms with Gasteiger partial charge in [-0.05, 0) is 24.3 Å². The Balaban J connectivity index is 1.90. The number of carbonyl (C=O) groups excluding carboxylic acids is 1. The largest absolute Gasteiger partial charge is 0.451 e. The molecule has 7 heteroatoms. The van der Waals surface area contributed by atoms with Gasteiger partial charge in [0.25, 0.3) is 0 Å². The smallest absolute Gasteiger partial charge is 0.315 e. The van der Waals surface area contributed by atoms with Gasteiger partial charge >= 0.3 is 5.91 Å².